The van der Waals surface area contributed by atoms with Crippen molar-refractivity contribution in [2.75, 3.05) is 0 Å². The predicted molar refractivity (Wildman–Crippen MR) is 92.9 cm³/mol. The van der Waals surface area contributed by atoms with Crippen LogP contribution in [0, 0.1) is 6.92 Å². The highest BCUT2D eigenvalue weighted by molar-refractivity contribution is 6.04. The van der Waals surface area contributed by atoms with Crippen LogP contribution >= 0.6 is 0 Å². The normalized spacial score (nSPS) is 10.7. The number of rotatable bonds is 4. The van der Waals surface area contributed by atoms with Gasteiger partial charge in [-0.25, -0.2) is 0 Å². The van der Waals surface area contributed by atoms with Gasteiger partial charge < -0.3 is 14.6 Å². The van der Waals surface area contributed by atoms with Gasteiger partial charge >= 0.3 is 5.97 Å². The Balaban J connectivity index is 2.07. The lowest BCUT2D eigenvalue weighted by atomic mass is 10.1. The first kappa shape index (κ1) is 17.4. The van der Waals surface area contributed by atoms with Gasteiger partial charge in [0.05, 0.1) is 5.52 Å². The van der Waals surface area contributed by atoms with Gasteiger partial charge in [0.1, 0.15) is 5.75 Å². The lowest BCUT2D eigenvalue weighted by Crippen LogP contribution is -2.24. The molecule has 0 amide bonds. The summed E-state index contributed by atoms with van der Waals surface area (Å²) >= 11 is 0. The zero-order valence-electron chi connectivity index (χ0n) is 14.3. The molecule has 26 heavy (non-hydrogen) atoms. The lowest BCUT2D eigenvalue weighted by Gasteiger charge is -2.09. The van der Waals surface area contributed by atoms with Crippen molar-refractivity contribution < 1.29 is 24.2 Å². The molecule has 0 atom stereocenters. The highest BCUT2D eigenvalue weighted by atomic mass is 16.5. The van der Waals surface area contributed by atoms with E-state index in [1.165, 1.54) is 23.6 Å². The minimum atomic E-state index is -1.20. The third kappa shape index (κ3) is 3.21. The van der Waals surface area contributed by atoms with E-state index in [0.29, 0.717) is 33.5 Å². The van der Waals surface area contributed by atoms with Crippen LogP contribution in [0.4, 0.5) is 0 Å². The molecule has 0 saturated carbocycles. The van der Waals surface area contributed by atoms with Crippen LogP contribution in [-0.4, -0.2) is 22.4 Å². The first-order chi connectivity index (χ1) is 12.4. The fourth-order valence-electron chi connectivity index (χ4n) is 3.02. The molecule has 0 fully saturated rings. The molecule has 1 heterocycles. The summed E-state index contributed by atoms with van der Waals surface area (Å²) in [7, 11) is 0. The summed E-state index contributed by atoms with van der Waals surface area (Å²) in [6.45, 7) is 3.01. The number of ether oxygens (including phenoxy) is 1. The first-order valence-corrected chi connectivity index (χ1v) is 8.00. The number of hydrogen-bond acceptors (Lipinski definition) is 5. The number of carbonyl (C=O) groups excluding carboxylic acids is 3. The second-order valence-corrected chi connectivity index (χ2v) is 5.89. The van der Waals surface area contributed by atoms with Crippen LogP contribution in [0.5, 0.6) is 5.75 Å². The van der Waals surface area contributed by atoms with Crippen molar-refractivity contribution in [2.24, 2.45) is 0 Å². The van der Waals surface area contributed by atoms with Crippen molar-refractivity contribution in [3.8, 4) is 5.75 Å². The molecule has 0 aliphatic carbocycles. The van der Waals surface area contributed by atoms with Crippen molar-refractivity contribution in [3.63, 3.8) is 0 Å². The molecule has 0 bridgehead atoms. The van der Waals surface area contributed by atoms with Gasteiger partial charge in [-0.2, -0.15) is 0 Å². The molecule has 0 radical (unpaired) electrons. The summed E-state index contributed by atoms with van der Waals surface area (Å²) in [5, 5.41) is 11.8. The molecule has 3 aromatic rings. The van der Waals surface area contributed by atoms with Crippen LogP contribution in [0.15, 0.2) is 48.5 Å². The Bertz CT molecular complexity index is 1010. The summed E-state index contributed by atoms with van der Waals surface area (Å²) in [5.41, 5.74) is 2.15. The van der Waals surface area contributed by atoms with Gasteiger partial charge in [0, 0.05) is 36.0 Å². The summed E-state index contributed by atoms with van der Waals surface area (Å²) in [5.74, 6) is -1.59. The maximum Gasteiger partial charge on any atom is 0.308 e. The average Bonchev–Trinajstić information content (AvgIpc) is 2.86. The topological polar surface area (TPSA) is 88.4 Å². The van der Waals surface area contributed by atoms with Crippen LogP contribution in [-0.2, 0) is 16.0 Å². The number of hydrogen-bond donors (Lipinski definition) is 0. The third-order valence-corrected chi connectivity index (χ3v) is 4.13. The van der Waals surface area contributed by atoms with Gasteiger partial charge in [-0.1, -0.05) is 18.2 Å². The van der Waals surface area contributed by atoms with Crippen molar-refractivity contribution in [1.29, 1.82) is 0 Å². The lowest BCUT2D eigenvalue weighted by molar-refractivity contribution is -0.304. The van der Waals surface area contributed by atoms with E-state index in [4.69, 9.17) is 4.74 Å². The number of esters is 1. The molecule has 0 aliphatic rings. The highest BCUT2D eigenvalue weighted by Gasteiger charge is 2.19. The number of carbonyl (C=O) groups is 3. The van der Waals surface area contributed by atoms with E-state index in [1.807, 2.05) is 0 Å². The number of carboxylic acids is 1. The van der Waals surface area contributed by atoms with Gasteiger partial charge in [0.2, 0.25) is 0 Å². The smallest absolute Gasteiger partial charge is 0.308 e. The average molecular weight is 350 g/mol. The van der Waals surface area contributed by atoms with Crippen molar-refractivity contribution >= 4 is 28.7 Å². The monoisotopic (exact) mass is 350 g/mol. The largest absolute Gasteiger partial charge is 0.550 e. The molecule has 2 aromatic carbocycles. The Morgan fingerprint density at radius 2 is 1.69 bits per heavy atom. The molecule has 0 N–H and O–H groups in total. The number of aromatic nitrogens is 1. The van der Waals surface area contributed by atoms with Crippen LogP contribution in [0.2, 0.25) is 0 Å². The third-order valence-electron chi connectivity index (χ3n) is 4.13. The number of para-hydroxylation sites is 1. The zero-order valence-corrected chi connectivity index (χ0v) is 14.3. The maximum absolute atomic E-state index is 13.0. The van der Waals surface area contributed by atoms with E-state index in [9.17, 15) is 19.5 Å². The second kappa shape index (κ2) is 6.84. The van der Waals surface area contributed by atoms with E-state index in [2.05, 4.69) is 0 Å². The van der Waals surface area contributed by atoms with E-state index < -0.39 is 11.9 Å². The summed E-state index contributed by atoms with van der Waals surface area (Å²) < 4.78 is 6.46. The van der Waals surface area contributed by atoms with Crippen molar-refractivity contribution in [1.82, 2.24) is 4.57 Å². The van der Waals surface area contributed by atoms with E-state index in [-0.39, 0.29) is 12.3 Å². The molecular weight excluding hydrogens is 334 g/mol. The van der Waals surface area contributed by atoms with Gasteiger partial charge in [-0.05, 0) is 42.8 Å². The summed E-state index contributed by atoms with van der Waals surface area (Å²) in [6.07, 6.45) is -0.266. The van der Waals surface area contributed by atoms with Crippen LogP contribution in [0.1, 0.15) is 28.5 Å². The molecule has 6 nitrogen and oxygen atoms in total. The SMILES string of the molecule is CC(=O)Oc1ccc(C(=O)n2c(C)c(CC(=O)[O-])c3ccccc32)cc1. The fourth-order valence-corrected chi connectivity index (χ4v) is 3.02. The van der Waals surface area contributed by atoms with E-state index in [1.54, 1.807) is 43.3 Å². The van der Waals surface area contributed by atoms with Crippen LogP contribution in [0.25, 0.3) is 10.9 Å². The van der Waals surface area contributed by atoms with E-state index >= 15 is 0 Å². The quantitative estimate of drug-likeness (QED) is 0.529. The van der Waals surface area contributed by atoms with Crippen molar-refractivity contribution in [2.45, 2.75) is 20.3 Å². The minimum absolute atomic E-state index is 0.266. The number of aliphatic carboxylic acids is 1. The molecule has 132 valence electrons. The van der Waals surface area contributed by atoms with E-state index in [0.717, 1.165) is 0 Å². The van der Waals surface area contributed by atoms with Gasteiger partial charge in [-0.3, -0.25) is 14.2 Å². The standard InChI is InChI=1S/C20H17NO5/c1-12-17(11-19(23)24)16-5-3-4-6-18(16)21(12)20(25)14-7-9-15(10-8-14)26-13(2)22/h3-10H,11H2,1-2H3,(H,23,24)/p-1. The van der Waals surface area contributed by atoms with Gasteiger partial charge in [0.25, 0.3) is 5.91 Å². The number of nitrogens with zero attached hydrogens (tertiary/aromatic N) is 1. The molecule has 0 spiro atoms. The van der Waals surface area contributed by atoms with Gasteiger partial charge in [0.15, 0.2) is 0 Å². The Labute approximate surface area is 149 Å². The van der Waals surface area contributed by atoms with Gasteiger partial charge in [-0.15, -0.1) is 0 Å². The Morgan fingerprint density at radius 3 is 2.31 bits per heavy atom. The van der Waals surface area contributed by atoms with Crippen molar-refractivity contribution in [3.05, 3.63) is 65.4 Å². The molecule has 0 aliphatic heterocycles. The predicted octanol–water partition coefficient (Wildman–Crippen LogP) is 1.86. The van der Waals surface area contributed by atoms with Crippen LogP contribution in [0.3, 0.4) is 0 Å². The molecule has 3 rings (SSSR count). The Morgan fingerprint density at radius 1 is 1.04 bits per heavy atom. The highest BCUT2D eigenvalue weighted by Crippen LogP contribution is 2.27. The molecule has 1 aromatic heterocycles. The Hall–Kier alpha value is -3.41. The molecule has 0 saturated heterocycles. The zero-order chi connectivity index (χ0) is 18.8. The maximum atomic E-state index is 13.0. The second-order valence-electron chi connectivity index (χ2n) is 5.89. The Kier molecular flexibility index (Phi) is 4.58. The fraction of sp³-hybridized carbons (Fsp3) is 0.150. The minimum Gasteiger partial charge on any atom is -0.550 e. The molecule has 0 unspecified atom stereocenters. The molecule has 6 heteroatoms. The number of benzene rings is 2. The molecular formula is C20H16NO5-. The number of carboxylic acid groups (broad SMARTS) is 1. The number of fused-ring (bicyclic) bond motifs is 1. The summed E-state index contributed by atoms with van der Waals surface area (Å²) in [4.78, 5) is 35.1. The summed E-state index contributed by atoms with van der Waals surface area (Å²) in [6, 6.07) is 13.3. The first-order valence-electron chi connectivity index (χ1n) is 8.00. The van der Waals surface area contributed by atoms with Crippen LogP contribution < -0.4 is 9.84 Å².